The van der Waals surface area contributed by atoms with E-state index in [1.165, 1.54) is 6.42 Å². The summed E-state index contributed by atoms with van der Waals surface area (Å²) >= 11 is 0. The highest BCUT2D eigenvalue weighted by atomic mass is 16.5. The molecule has 0 aromatic rings. The molecule has 0 aromatic carbocycles. The van der Waals surface area contributed by atoms with Crippen LogP contribution in [-0.2, 0) is 4.74 Å². The van der Waals surface area contributed by atoms with Crippen molar-refractivity contribution >= 4 is 0 Å². The van der Waals surface area contributed by atoms with E-state index in [2.05, 4.69) is 31.1 Å². The Morgan fingerprint density at radius 3 is 2.86 bits per heavy atom. The molecule has 14 heavy (non-hydrogen) atoms. The number of hydrogen-bond donors (Lipinski definition) is 1. The van der Waals surface area contributed by atoms with Crippen LogP contribution in [0.4, 0.5) is 0 Å². The van der Waals surface area contributed by atoms with Gasteiger partial charge in [0.2, 0.25) is 0 Å². The Hall–Kier alpha value is -0.120. The summed E-state index contributed by atoms with van der Waals surface area (Å²) in [5, 5.41) is 3.55. The molecule has 2 atom stereocenters. The van der Waals surface area contributed by atoms with Gasteiger partial charge < -0.3 is 10.1 Å². The molecule has 1 aliphatic rings. The van der Waals surface area contributed by atoms with Gasteiger partial charge in [-0.3, -0.25) is 4.90 Å². The summed E-state index contributed by atoms with van der Waals surface area (Å²) in [4.78, 5) is 2.42. The molecule has 84 valence electrons. The zero-order valence-corrected chi connectivity index (χ0v) is 9.75. The van der Waals surface area contributed by atoms with E-state index >= 15 is 0 Å². The topological polar surface area (TPSA) is 24.5 Å². The van der Waals surface area contributed by atoms with Gasteiger partial charge in [-0.2, -0.15) is 0 Å². The fourth-order valence-electron chi connectivity index (χ4n) is 2.18. The Morgan fingerprint density at radius 2 is 2.21 bits per heavy atom. The van der Waals surface area contributed by atoms with E-state index in [4.69, 9.17) is 4.74 Å². The van der Waals surface area contributed by atoms with Crippen LogP contribution < -0.4 is 5.32 Å². The lowest BCUT2D eigenvalue weighted by Crippen LogP contribution is -2.54. The second kappa shape index (κ2) is 6.38. The molecule has 0 aromatic heterocycles. The molecule has 1 N–H and O–H groups in total. The highest BCUT2D eigenvalue weighted by molar-refractivity contribution is 4.85. The molecule has 1 rings (SSSR count). The van der Waals surface area contributed by atoms with E-state index in [1.54, 1.807) is 0 Å². The van der Waals surface area contributed by atoms with Crippen molar-refractivity contribution in [2.75, 3.05) is 33.4 Å². The van der Waals surface area contributed by atoms with Crippen LogP contribution in [0, 0.1) is 0 Å². The first-order chi connectivity index (χ1) is 6.79. The molecule has 3 heteroatoms. The third-order valence-electron chi connectivity index (χ3n) is 2.94. The summed E-state index contributed by atoms with van der Waals surface area (Å²) in [6, 6.07) is 1.17. The highest BCUT2D eigenvalue weighted by Gasteiger charge is 2.27. The first-order valence-corrected chi connectivity index (χ1v) is 5.81. The molecule has 3 nitrogen and oxygen atoms in total. The minimum Gasteiger partial charge on any atom is -0.380 e. The van der Waals surface area contributed by atoms with Crippen molar-refractivity contribution in [1.29, 1.82) is 0 Å². The van der Waals surface area contributed by atoms with Crippen molar-refractivity contribution in [2.45, 2.75) is 38.8 Å². The molecule has 1 heterocycles. The number of nitrogens with one attached hydrogen (secondary N) is 1. The van der Waals surface area contributed by atoms with E-state index in [1.807, 2.05) is 0 Å². The molecule has 0 amide bonds. The van der Waals surface area contributed by atoms with Crippen LogP contribution in [0.3, 0.4) is 0 Å². The average Bonchev–Trinajstić information content (AvgIpc) is 2.19. The lowest BCUT2D eigenvalue weighted by Gasteiger charge is -2.38. The Kier molecular flexibility index (Phi) is 5.45. The number of likely N-dealkylation sites (N-methyl/N-ethyl adjacent to an activating group) is 2. The monoisotopic (exact) mass is 200 g/mol. The van der Waals surface area contributed by atoms with Crippen molar-refractivity contribution in [3.05, 3.63) is 0 Å². The molecule has 1 aliphatic heterocycles. The Morgan fingerprint density at radius 1 is 1.43 bits per heavy atom. The Labute approximate surface area is 87.8 Å². The lowest BCUT2D eigenvalue weighted by atomic mass is 10.0. The molecular weight excluding hydrogens is 176 g/mol. The number of nitrogens with zero attached hydrogens (tertiary/aromatic N) is 1. The SMILES string of the molecule is CCCN(C)C1COCCC1NCC. The molecule has 0 bridgehead atoms. The van der Waals surface area contributed by atoms with Crippen LogP contribution in [0.15, 0.2) is 0 Å². The minimum absolute atomic E-state index is 0.559. The maximum atomic E-state index is 5.54. The van der Waals surface area contributed by atoms with Crippen LogP contribution in [-0.4, -0.2) is 50.3 Å². The van der Waals surface area contributed by atoms with E-state index in [9.17, 15) is 0 Å². The standard InChI is InChI=1S/C11H24N2O/c1-4-7-13(3)11-9-14-8-6-10(11)12-5-2/h10-12H,4-9H2,1-3H3. The third kappa shape index (κ3) is 3.23. The third-order valence-corrected chi connectivity index (χ3v) is 2.94. The Balaban J connectivity index is 2.44. The Bertz CT molecular complexity index is 150. The van der Waals surface area contributed by atoms with Crippen LogP contribution in [0.25, 0.3) is 0 Å². The molecule has 1 fully saturated rings. The van der Waals surface area contributed by atoms with E-state index in [-0.39, 0.29) is 0 Å². The average molecular weight is 200 g/mol. The summed E-state index contributed by atoms with van der Waals surface area (Å²) < 4.78 is 5.54. The first-order valence-electron chi connectivity index (χ1n) is 5.81. The van der Waals surface area contributed by atoms with Crippen molar-refractivity contribution in [3.63, 3.8) is 0 Å². The number of hydrogen-bond acceptors (Lipinski definition) is 3. The van der Waals surface area contributed by atoms with Gasteiger partial charge in [-0.1, -0.05) is 13.8 Å². The maximum Gasteiger partial charge on any atom is 0.0636 e. The van der Waals surface area contributed by atoms with Gasteiger partial charge in [-0.15, -0.1) is 0 Å². The van der Waals surface area contributed by atoms with Gasteiger partial charge in [0.25, 0.3) is 0 Å². The van der Waals surface area contributed by atoms with Gasteiger partial charge in [0.15, 0.2) is 0 Å². The summed E-state index contributed by atoms with van der Waals surface area (Å²) in [6.07, 6.45) is 2.36. The molecule has 0 radical (unpaired) electrons. The zero-order chi connectivity index (χ0) is 10.4. The van der Waals surface area contributed by atoms with Gasteiger partial charge in [-0.05, 0) is 33.0 Å². The quantitative estimate of drug-likeness (QED) is 0.719. The van der Waals surface area contributed by atoms with Gasteiger partial charge in [0.1, 0.15) is 0 Å². The van der Waals surface area contributed by atoms with Gasteiger partial charge in [0.05, 0.1) is 6.61 Å². The second-order valence-corrected chi connectivity index (χ2v) is 4.08. The molecule has 0 aliphatic carbocycles. The van der Waals surface area contributed by atoms with E-state index in [0.29, 0.717) is 12.1 Å². The lowest BCUT2D eigenvalue weighted by molar-refractivity contribution is 0.00657. The maximum absolute atomic E-state index is 5.54. The van der Waals surface area contributed by atoms with Crippen LogP contribution >= 0.6 is 0 Å². The molecular formula is C11H24N2O. The molecule has 0 saturated carbocycles. The number of rotatable bonds is 5. The van der Waals surface area contributed by atoms with Crippen molar-refractivity contribution in [1.82, 2.24) is 10.2 Å². The van der Waals surface area contributed by atoms with Crippen molar-refractivity contribution in [3.8, 4) is 0 Å². The zero-order valence-electron chi connectivity index (χ0n) is 9.75. The number of ether oxygens (including phenoxy) is 1. The van der Waals surface area contributed by atoms with Crippen LogP contribution in [0.5, 0.6) is 0 Å². The van der Waals surface area contributed by atoms with Crippen molar-refractivity contribution < 1.29 is 4.74 Å². The normalized spacial score (nSPS) is 28.3. The summed E-state index contributed by atoms with van der Waals surface area (Å²) in [7, 11) is 2.20. The van der Waals surface area contributed by atoms with Gasteiger partial charge >= 0.3 is 0 Å². The predicted molar refractivity (Wildman–Crippen MR) is 59.6 cm³/mol. The molecule has 0 spiro atoms. The van der Waals surface area contributed by atoms with E-state index < -0.39 is 0 Å². The smallest absolute Gasteiger partial charge is 0.0636 e. The van der Waals surface area contributed by atoms with E-state index in [0.717, 1.165) is 32.7 Å². The minimum atomic E-state index is 0.559. The predicted octanol–water partition coefficient (Wildman–Crippen LogP) is 1.10. The van der Waals surface area contributed by atoms with Gasteiger partial charge in [0, 0.05) is 18.7 Å². The first kappa shape index (κ1) is 12.0. The fourth-order valence-corrected chi connectivity index (χ4v) is 2.18. The molecule has 2 unspecified atom stereocenters. The van der Waals surface area contributed by atoms with Crippen molar-refractivity contribution in [2.24, 2.45) is 0 Å². The summed E-state index contributed by atoms with van der Waals surface area (Å²) in [5.74, 6) is 0. The van der Waals surface area contributed by atoms with Crippen LogP contribution in [0.1, 0.15) is 26.7 Å². The summed E-state index contributed by atoms with van der Waals surface area (Å²) in [5.41, 5.74) is 0. The largest absolute Gasteiger partial charge is 0.380 e. The van der Waals surface area contributed by atoms with Gasteiger partial charge in [-0.25, -0.2) is 0 Å². The molecule has 1 saturated heterocycles. The summed E-state index contributed by atoms with van der Waals surface area (Å²) in [6.45, 7) is 8.41. The highest BCUT2D eigenvalue weighted by Crippen LogP contribution is 2.13. The fraction of sp³-hybridized carbons (Fsp3) is 1.00. The second-order valence-electron chi connectivity index (χ2n) is 4.08. The van der Waals surface area contributed by atoms with Crippen LogP contribution in [0.2, 0.25) is 0 Å².